The molecule has 0 aliphatic rings. The zero-order valence-corrected chi connectivity index (χ0v) is 15.9. The topological polar surface area (TPSA) is 81.2 Å². The van der Waals surface area contributed by atoms with Crippen LogP contribution in [0.25, 0.3) is 22.6 Å². The molecule has 0 spiro atoms. The lowest BCUT2D eigenvalue weighted by molar-refractivity contribution is -0.115. The number of nitrogens with zero attached hydrogens (tertiary/aromatic N) is 1. The molecule has 0 aliphatic carbocycles. The van der Waals surface area contributed by atoms with E-state index in [1.165, 1.54) is 0 Å². The van der Waals surface area contributed by atoms with Crippen LogP contribution in [0.1, 0.15) is 6.42 Å². The van der Waals surface area contributed by atoms with Crippen LogP contribution in [0.3, 0.4) is 0 Å². The number of nitrogen functional groups attached to an aromatic ring is 1. The minimum Gasteiger partial charge on any atom is -0.436 e. The highest BCUT2D eigenvalue weighted by Crippen LogP contribution is 2.25. The number of oxazole rings is 1. The van der Waals surface area contributed by atoms with Crippen molar-refractivity contribution in [2.24, 2.45) is 0 Å². The summed E-state index contributed by atoms with van der Waals surface area (Å²) >= 11 is 1.63. The third-order valence-corrected chi connectivity index (χ3v) is 5.20. The Kier molecular flexibility index (Phi) is 5.30. The van der Waals surface area contributed by atoms with Gasteiger partial charge in [0.2, 0.25) is 11.8 Å². The van der Waals surface area contributed by atoms with Gasteiger partial charge >= 0.3 is 0 Å². The van der Waals surface area contributed by atoms with Gasteiger partial charge in [0.05, 0.1) is 0 Å². The second-order valence-corrected chi connectivity index (χ2v) is 7.45. The lowest BCUT2D eigenvalue weighted by Crippen LogP contribution is -2.12. The molecule has 0 bridgehead atoms. The first-order valence-corrected chi connectivity index (χ1v) is 9.90. The molecule has 0 atom stereocenters. The van der Waals surface area contributed by atoms with Gasteiger partial charge in [-0.25, -0.2) is 4.98 Å². The number of nitrogens with one attached hydrogen (secondary N) is 1. The minimum atomic E-state index is -0.0162. The Hall–Kier alpha value is -3.25. The molecule has 0 unspecified atom stereocenters. The Balaban J connectivity index is 1.32. The van der Waals surface area contributed by atoms with Gasteiger partial charge in [0, 0.05) is 34.0 Å². The maximum Gasteiger partial charge on any atom is 0.227 e. The largest absolute Gasteiger partial charge is 0.436 e. The van der Waals surface area contributed by atoms with Gasteiger partial charge in [-0.05, 0) is 60.7 Å². The van der Waals surface area contributed by atoms with E-state index in [2.05, 4.69) is 10.3 Å². The zero-order chi connectivity index (χ0) is 19.3. The number of carbonyl (C=O) groups excluding carboxylic acids is 1. The maximum absolute atomic E-state index is 12.2. The lowest BCUT2D eigenvalue weighted by atomic mass is 10.2. The van der Waals surface area contributed by atoms with Gasteiger partial charge in [0.25, 0.3) is 0 Å². The summed E-state index contributed by atoms with van der Waals surface area (Å²) in [7, 11) is 0. The average Bonchev–Trinajstić information content (AvgIpc) is 3.14. The van der Waals surface area contributed by atoms with Crippen molar-refractivity contribution in [2.75, 3.05) is 16.8 Å². The summed E-state index contributed by atoms with van der Waals surface area (Å²) in [6.45, 7) is 0. The van der Waals surface area contributed by atoms with E-state index in [4.69, 9.17) is 10.2 Å². The van der Waals surface area contributed by atoms with Crippen molar-refractivity contribution in [3.05, 3.63) is 72.8 Å². The van der Waals surface area contributed by atoms with Crippen LogP contribution in [0.15, 0.2) is 82.1 Å². The SMILES string of the molecule is Nc1ccc(SCCC(=O)Nc2ccc(-c3nc4ccccc4o3)cc2)cc1. The minimum absolute atomic E-state index is 0.0162. The summed E-state index contributed by atoms with van der Waals surface area (Å²) in [5.74, 6) is 1.26. The Morgan fingerprint density at radius 1 is 1.00 bits per heavy atom. The predicted molar refractivity (Wildman–Crippen MR) is 114 cm³/mol. The smallest absolute Gasteiger partial charge is 0.227 e. The van der Waals surface area contributed by atoms with Crippen LogP contribution in [-0.2, 0) is 4.79 Å². The number of hydrogen-bond donors (Lipinski definition) is 2. The summed E-state index contributed by atoms with van der Waals surface area (Å²) in [4.78, 5) is 17.7. The van der Waals surface area contributed by atoms with E-state index in [-0.39, 0.29) is 5.91 Å². The highest BCUT2D eigenvalue weighted by Gasteiger charge is 2.08. The number of benzene rings is 3. The first-order chi connectivity index (χ1) is 13.7. The molecule has 0 saturated heterocycles. The number of aromatic nitrogens is 1. The number of carbonyl (C=O) groups is 1. The molecule has 140 valence electrons. The summed E-state index contributed by atoms with van der Waals surface area (Å²) in [5, 5.41) is 2.92. The molecule has 1 amide bonds. The van der Waals surface area contributed by atoms with E-state index in [0.717, 1.165) is 32.9 Å². The molecule has 0 aliphatic heterocycles. The first-order valence-electron chi connectivity index (χ1n) is 8.91. The van der Waals surface area contributed by atoms with Crippen LogP contribution in [0.4, 0.5) is 11.4 Å². The average molecular weight is 389 g/mol. The van der Waals surface area contributed by atoms with Crippen LogP contribution >= 0.6 is 11.8 Å². The van der Waals surface area contributed by atoms with Crippen LogP contribution in [0.2, 0.25) is 0 Å². The van der Waals surface area contributed by atoms with E-state index in [0.29, 0.717) is 18.1 Å². The molecule has 4 aromatic rings. The van der Waals surface area contributed by atoms with Crippen LogP contribution < -0.4 is 11.1 Å². The number of thioether (sulfide) groups is 1. The Labute approximate surface area is 167 Å². The Morgan fingerprint density at radius 3 is 2.50 bits per heavy atom. The van der Waals surface area contributed by atoms with Gasteiger partial charge in [-0.3, -0.25) is 4.79 Å². The molecule has 0 radical (unpaired) electrons. The normalized spacial score (nSPS) is 10.9. The van der Waals surface area contributed by atoms with Crippen molar-refractivity contribution in [3.63, 3.8) is 0 Å². The second kappa shape index (κ2) is 8.19. The third-order valence-electron chi connectivity index (χ3n) is 4.19. The van der Waals surface area contributed by atoms with E-state index in [1.54, 1.807) is 11.8 Å². The number of nitrogens with two attached hydrogens (primary N) is 1. The molecule has 3 aromatic carbocycles. The lowest BCUT2D eigenvalue weighted by Gasteiger charge is -2.06. The van der Waals surface area contributed by atoms with Gasteiger partial charge < -0.3 is 15.5 Å². The summed E-state index contributed by atoms with van der Waals surface area (Å²) < 4.78 is 5.77. The molecule has 0 fully saturated rings. The number of rotatable bonds is 6. The van der Waals surface area contributed by atoms with Crippen LogP contribution in [0.5, 0.6) is 0 Å². The van der Waals surface area contributed by atoms with Crippen molar-refractivity contribution < 1.29 is 9.21 Å². The molecule has 4 rings (SSSR count). The third kappa shape index (κ3) is 4.35. The summed E-state index contributed by atoms with van der Waals surface area (Å²) in [6, 6.07) is 22.8. The summed E-state index contributed by atoms with van der Waals surface area (Å²) in [6.07, 6.45) is 0.432. The van der Waals surface area contributed by atoms with Gasteiger partial charge in [-0.1, -0.05) is 12.1 Å². The highest BCUT2D eigenvalue weighted by molar-refractivity contribution is 7.99. The van der Waals surface area contributed by atoms with Gasteiger partial charge in [0.1, 0.15) is 5.52 Å². The highest BCUT2D eigenvalue weighted by atomic mass is 32.2. The molecule has 0 saturated carbocycles. The van der Waals surface area contributed by atoms with Crippen LogP contribution in [0, 0.1) is 0 Å². The molecule has 1 heterocycles. The monoisotopic (exact) mass is 389 g/mol. The number of anilines is 2. The molecule has 5 nitrogen and oxygen atoms in total. The second-order valence-electron chi connectivity index (χ2n) is 6.28. The van der Waals surface area contributed by atoms with E-state index >= 15 is 0 Å². The molecule has 1 aromatic heterocycles. The first kappa shape index (κ1) is 18.1. The van der Waals surface area contributed by atoms with E-state index in [9.17, 15) is 4.79 Å². The van der Waals surface area contributed by atoms with Crippen molar-refractivity contribution in [3.8, 4) is 11.5 Å². The number of hydrogen-bond acceptors (Lipinski definition) is 5. The fourth-order valence-electron chi connectivity index (χ4n) is 2.74. The van der Waals surface area contributed by atoms with Gasteiger partial charge in [0.15, 0.2) is 5.58 Å². The van der Waals surface area contributed by atoms with E-state index < -0.39 is 0 Å². The van der Waals surface area contributed by atoms with Crippen molar-refractivity contribution in [1.29, 1.82) is 0 Å². The Bertz CT molecular complexity index is 1060. The fraction of sp³-hybridized carbons (Fsp3) is 0.0909. The number of para-hydroxylation sites is 2. The number of amides is 1. The molecular formula is C22H19N3O2S. The molecule has 3 N–H and O–H groups in total. The van der Waals surface area contributed by atoms with Crippen LogP contribution in [-0.4, -0.2) is 16.6 Å². The molecule has 6 heteroatoms. The standard InChI is InChI=1S/C22H19N3O2S/c23-16-7-11-18(12-8-16)28-14-13-21(26)24-17-9-5-15(6-10-17)22-25-19-3-1-2-4-20(19)27-22/h1-12H,13-14,23H2,(H,24,26). The van der Waals surface area contributed by atoms with Crippen molar-refractivity contribution in [1.82, 2.24) is 4.98 Å². The quantitative estimate of drug-likeness (QED) is 0.350. The summed E-state index contributed by atoms with van der Waals surface area (Å²) in [5.41, 5.74) is 9.62. The zero-order valence-electron chi connectivity index (χ0n) is 15.1. The Morgan fingerprint density at radius 2 is 1.75 bits per heavy atom. The fourth-order valence-corrected chi connectivity index (χ4v) is 3.59. The van der Waals surface area contributed by atoms with Crippen molar-refractivity contribution in [2.45, 2.75) is 11.3 Å². The molecule has 28 heavy (non-hydrogen) atoms. The van der Waals surface area contributed by atoms with E-state index in [1.807, 2.05) is 72.8 Å². The van der Waals surface area contributed by atoms with Gasteiger partial charge in [-0.15, -0.1) is 11.8 Å². The number of fused-ring (bicyclic) bond motifs is 1. The molecular weight excluding hydrogens is 370 g/mol. The predicted octanol–water partition coefficient (Wildman–Crippen LogP) is 5.20. The van der Waals surface area contributed by atoms with Crippen molar-refractivity contribution >= 4 is 40.1 Å². The maximum atomic E-state index is 12.2. The van der Waals surface area contributed by atoms with Gasteiger partial charge in [-0.2, -0.15) is 0 Å².